The van der Waals surface area contributed by atoms with Gasteiger partial charge in [0.15, 0.2) is 11.5 Å². The van der Waals surface area contributed by atoms with E-state index in [1.165, 1.54) is 6.21 Å². The SMILES string of the molecule is CCCOc1ccc(C(=O)NN=Cc2cn[nH]c2-c2ccc(OC)c(OC)c2)cc1. The lowest BCUT2D eigenvalue weighted by Crippen LogP contribution is -2.17. The lowest BCUT2D eigenvalue weighted by atomic mass is 10.1. The van der Waals surface area contributed by atoms with Gasteiger partial charge in [-0.15, -0.1) is 0 Å². The number of hydrogen-bond acceptors (Lipinski definition) is 6. The van der Waals surface area contributed by atoms with Gasteiger partial charge in [0.2, 0.25) is 0 Å². The first kappa shape index (κ1) is 20.9. The summed E-state index contributed by atoms with van der Waals surface area (Å²) < 4.78 is 16.1. The molecule has 0 radical (unpaired) electrons. The van der Waals surface area contributed by atoms with Gasteiger partial charge in [0.1, 0.15) is 5.75 Å². The van der Waals surface area contributed by atoms with E-state index in [1.807, 2.05) is 25.1 Å². The summed E-state index contributed by atoms with van der Waals surface area (Å²) in [4.78, 5) is 12.3. The van der Waals surface area contributed by atoms with Gasteiger partial charge in [0, 0.05) is 16.7 Å². The Morgan fingerprint density at radius 3 is 2.60 bits per heavy atom. The zero-order valence-corrected chi connectivity index (χ0v) is 17.1. The maximum absolute atomic E-state index is 12.3. The third kappa shape index (κ3) is 4.96. The average Bonchev–Trinajstić information content (AvgIpc) is 3.26. The summed E-state index contributed by atoms with van der Waals surface area (Å²) >= 11 is 0. The molecule has 2 N–H and O–H groups in total. The summed E-state index contributed by atoms with van der Waals surface area (Å²) in [6, 6.07) is 12.5. The number of rotatable bonds is 9. The van der Waals surface area contributed by atoms with Crippen LogP contribution in [0.5, 0.6) is 17.2 Å². The Bertz CT molecular complexity index is 1010. The third-order valence-corrected chi connectivity index (χ3v) is 4.30. The highest BCUT2D eigenvalue weighted by molar-refractivity contribution is 5.95. The molecule has 0 aliphatic carbocycles. The van der Waals surface area contributed by atoms with Crippen LogP contribution in [0, 0.1) is 0 Å². The van der Waals surface area contributed by atoms with Crippen molar-refractivity contribution in [1.82, 2.24) is 15.6 Å². The Kier molecular flexibility index (Phi) is 7.05. The van der Waals surface area contributed by atoms with Gasteiger partial charge >= 0.3 is 0 Å². The molecular formula is C22H24N4O4. The van der Waals surface area contributed by atoms with Crippen molar-refractivity contribution in [2.75, 3.05) is 20.8 Å². The zero-order chi connectivity index (χ0) is 21.3. The summed E-state index contributed by atoms with van der Waals surface area (Å²) in [5, 5.41) is 11.1. The third-order valence-electron chi connectivity index (χ3n) is 4.30. The van der Waals surface area contributed by atoms with E-state index in [4.69, 9.17) is 14.2 Å². The average molecular weight is 408 g/mol. The summed E-state index contributed by atoms with van der Waals surface area (Å²) in [5.41, 5.74) is 5.32. The van der Waals surface area contributed by atoms with Gasteiger partial charge in [0.25, 0.3) is 5.91 Å². The van der Waals surface area contributed by atoms with Gasteiger partial charge < -0.3 is 14.2 Å². The van der Waals surface area contributed by atoms with Gasteiger partial charge in [-0.05, 0) is 48.9 Å². The Hall–Kier alpha value is -3.81. The van der Waals surface area contributed by atoms with Gasteiger partial charge in [-0.3, -0.25) is 9.89 Å². The second kappa shape index (κ2) is 10.1. The van der Waals surface area contributed by atoms with Crippen molar-refractivity contribution in [3.05, 3.63) is 59.8 Å². The first-order valence-electron chi connectivity index (χ1n) is 9.48. The van der Waals surface area contributed by atoms with Crippen LogP contribution < -0.4 is 19.6 Å². The number of amides is 1. The molecule has 1 heterocycles. The molecule has 0 saturated heterocycles. The summed E-state index contributed by atoms with van der Waals surface area (Å²) in [7, 11) is 3.16. The predicted molar refractivity (Wildman–Crippen MR) is 114 cm³/mol. The minimum Gasteiger partial charge on any atom is -0.494 e. The second-order valence-electron chi connectivity index (χ2n) is 6.34. The van der Waals surface area contributed by atoms with Crippen molar-refractivity contribution in [1.29, 1.82) is 0 Å². The fraction of sp³-hybridized carbons (Fsp3) is 0.227. The molecule has 2 aromatic carbocycles. The second-order valence-corrected chi connectivity index (χ2v) is 6.34. The Balaban J connectivity index is 1.68. The standard InChI is InChI=1S/C22H24N4O4/c1-4-11-30-18-8-5-15(6-9-18)22(27)26-24-14-17-13-23-25-21(17)16-7-10-19(28-2)20(12-16)29-3/h5-10,12-14H,4,11H2,1-3H3,(H,23,25)(H,26,27). The van der Waals surface area contributed by atoms with Crippen LogP contribution in [0.15, 0.2) is 53.8 Å². The van der Waals surface area contributed by atoms with E-state index >= 15 is 0 Å². The number of nitrogens with zero attached hydrogens (tertiary/aromatic N) is 2. The van der Waals surface area contributed by atoms with Crippen LogP contribution in [-0.4, -0.2) is 43.1 Å². The number of aromatic nitrogens is 2. The van der Waals surface area contributed by atoms with Gasteiger partial charge in [-0.25, -0.2) is 5.43 Å². The van der Waals surface area contributed by atoms with Crippen LogP contribution in [0.4, 0.5) is 0 Å². The smallest absolute Gasteiger partial charge is 0.271 e. The topological polar surface area (TPSA) is 97.8 Å². The van der Waals surface area contributed by atoms with Gasteiger partial charge in [-0.1, -0.05) is 6.92 Å². The van der Waals surface area contributed by atoms with Crippen molar-refractivity contribution < 1.29 is 19.0 Å². The molecule has 0 spiro atoms. The molecule has 0 unspecified atom stereocenters. The van der Waals surface area contributed by atoms with Crippen LogP contribution in [0.2, 0.25) is 0 Å². The first-order valence-corrected chi connectivity index (χ1v) is 9.48. The minimum atomic E-state index is -0.315. The Morgan fingerprint density at radius 1 is 1.13 bits per heavy atom. The molecule has 8 heteroatoms. The number of aromatic amines is 1. The molecule has 0 saturated carbocycles. The van der Waals surface area contributed by atoms with Gasteiger partial charge in [0.05, 0.1) is 38.9 Å². The fourth-order valence-electron chi connectivity index (χ4n) is 2.76. The highest BCUT2D eigenvalue weighted by Crippen LogP contribution is 2.32. The molecule has 3 rings (SSSR count). The monoisotopic (exact) mass is 408 g/mol. The molecule has 0 fully saturated rings. The quantitative estimate of drug-likeness (QED) is 0.416. The number of hydrogen-bond donors (Lipinski definition) is 2. The van der Waals surface area contributed by atoms with E-state index in [-0.39, 0.29) is 5.91 Å². The van der Waals surface area contributed by atoms with E-state index in [0.717, 1.165) is 23.4 Å². The molecule has 0 atom stereocenters. The number of benzene rings is 2. The maximum Gasteiger partial charge on any atom is 0.271 e. The van der Waals surface area contributed by atoms with E-state index in [9.17, 15) is 4.79 Å². The number of ether oxygens (including phenoxy) is 3. The zero-order valence-electron chi connectivity index (χ0n) is 17.1. The van der Waals surface area contributed by atoms with E-state index in [0.29, 0.717) is 29.2 Å². The molecule has 8 nitrogen and oxygen atoms in total. The van der Waals surface area contributed by atoms with E-state index < -0.39 is 0 Å². The lowest BCUT2D eigenvalue weighted by Gasteiger charge is -2.09. The molecule has 1 amide bonds. The summed E-state index contributed by atoms with van der Waals surface area (Å²) in [5.74, 6) is 1.65. The van der Waals surface area contributed by atoms with Crippen molar-refractivity contribution in [2.45, 2.75) is 13.3 Å². The molecule has 0 aliphatic heterocycles. The molecular weight excluding hydrogens is 384 g/mol. The molecule has 156 valence electrons. The number of hydrazone groups is 1. The molecule has 0 aliphatic rings. The molecule has 0 bridgehead atoms. The fourth-order valence-corrected chi connectivity index (χ4v) is 2.76. The van der Waals surface area contributed by atoms with E-state index in [1.54, 1.807) is 44.7 Å². The number of nitrogens with one attached hydrogen (secondary N) is 2. The molecule has 1 aromatic heterocycles. The largest absolute Gasteiger partial charge is 0.494 e. The van der Waals surface area contributed by atoms with Crippen LogP contribution in [0.3, 0.4) is 0 Å². The number of carbonyl (C=O) groups excluding carboxylic acids is 1. The predicted octanol–water partition coefficient (Wildman–Crippen LogP) is 3.65. The van der Waals surface area contributed by atoms with Crippen molar-refractivity contribution in [3.63, 3.8) is 0 Å². The summed E-state index contributed by atoms with van der Waals surface area (Å²) in [6.07, 6.45) is 4.09. The Morgan fingerprint density at radius 2 is 1.90 bits per heavy atom. The maximum atomic E-state index is 12.3. The number of carbonyl (C=O) groups is 1. The van der Waals surface area contributed by atoms with Crippen molar-refractivity contribution in [3.8, 4) is 28.5 Å². The first-order chi connectivity index (χ1) is 14.7. The highest BCUT2D eigenvalue weighted by atomic mass is 16.5. The van der Waals surface area contributed by atoms with Crippen LogP contribution in [0.25, 0.3) is 11.3 Å². The number of H-pyrrole nitrogens is 1. The molecule has 30 heavy (non-hydrogen) atoms. The lowest BCUT2D eigenvalue weighted by molar-refractivity contribution is 0.0955. The van der Waals surface area contributed by atoms with Crippen molar-refractivity contribution in [2.24, 2.45) is 5.10 Å². The molecule has 3 aromatic rings. The van der Waals surface area contributed by atoms with Gasteiger partial charge in [-0.2, -0.15) is 10.2 Å². The highest BCUT2D eigenvalue weighted by Gasteiger charge is 2.11. The minimum absolute atomic E-state index is 0.315. The number of methoxy groups -OCH3 is 2. The van der Waals surface area contributed by atoms with Crippen molar-refractivity contribution >= 4 is 12.1 Å². The summed E-state index contributed by atoms with van der Waals surface area (Å²) in [6.45, 7) is 2.68. The van der Waals surface area contributed by atoms with Crippen LogP contribution in [0.1, 0.15) is 29.3 Å². The van der Waals surface area contributed by atoms with Crippen LogP contribution in [-0.2, 0) is 0 Å². The Labute approximate surface area is 174 Å². The van der Waals surface area contributed by atoms with Crippen LogP contribution >= 0.6 is 0 Å². The van der Waals surface area contributed by atoms with E-state index in [2.05, 4.69) is 20.7 Å². The normalized spacial score (nSPS) is 10.8.